The molecule has 1 fully saturated rings. The quantitative estimate of drug-likeness (QED) is 0.624. The van der Waals surface area contributed by atoms with Crippen LogP contribution in [0.5, 0.6) is 0 Å². The van der Waals surface area contributed by atoms with Crippen molar-refractivity contribution in [3.8, 4) is 0 Å². The van der Waals surface area contributed by atoms with E-state index < -0.39 is 23.6 Å². The maximum Gasteiger partial charge on any atom is 0.408 e. The SMILES string of the molecule is CC(C)(C)OC(=O)N[C@H]1CCCN(CC(=O)NCC(=O)c2ccc(Br)cc2)C1=O. The standard InChI is InChI=1S/C20H26BrN3O5/c1-20(2,3)29-19(28)23-15-5-4-10-24(18(15)27)12-17(26)22-11-16(25)13-6-8-14(21)9-7-13/h6-9,15H,4-5,10-12H2,1-3H3,(H,22,26)(H,23,28)/t15-/m0/s1. The van der Waals surface area contributed by atoms with Gasteiger partial charge in [0.15, 0.2) is 5.78 Å². The van der Waals surface area contributed by atoms with Crippen LogP contribution in [0.3, 0.4) is 0 Å². The normalized spacial score (nSPS) is 16.9. The number of piperidine rings is 1. The molecule has 158 valence electrons. The molecule has 1 aromatic carbocycles. The first kappa shape index (κ1) is 22.9. The zero-order valence-electron chi connectivity index (χ0n) is 16.8. The van der Waals surface area contributed by atoms with Gasteiger partial charge in [-0.1, -0.05) is 28.1 Å². The van der Waals surface area contributed by atoms with E-state index in [4.69, 9.17) is 4.74 Å². The van der Waals surface area contributed by atoms with Gasteiger partial charge in [-0.05, 0) is 45.7 Å². The Kier molecular flexibility index (Phi) is 7.78. The second-order valence-corrected chi connectivity index (χ2v) is 8.72. The lowest BCUT2D eigenvalue weighted by Gasteiger charge is -2.32. The summed E-state index contributed by atoms with van der Waals surface area (Å²) in [6.45, 7) is 5.31. The Balaban J connectivity index is 1.83. The second kappa shape index (κ2) is 9.87. The molecular formula is C20H26BrN3O5. The average molecular weight is 468 g/mol. The minimum atomic E-state index is -0.726. The predicted octanol–water partition coefficient (Wildman–Crippen LogP) is 2.26. The molecule has 0 spiro atoms. The van der Waals surface area contributed by atoms with Crippen molar-refractivity contribution >= 4 is 39.6 Å². The number of benzene rings is 1. The fraction of sp³-hybridized carbons (Fsp3) is 0.500. The fourth-order valence-electron chi connectivity index (χ4n) is 2.83. The number of Topliss-reactive ketones (excluding diaryl/α,β-unsaturated/α-hetero) is 1. The van der Waals surface area contributed by atoms with Gasteiger partial charge in [0.25, 0.3) is 0 Å². The number of nitrogens with one attached hydrogen (secondary N) is 2. The molecule has 0 aromatic heterocycles. The number of carbonyl (C=O) groups excluding carboxylic acids is 4. The van der Waals surface area contributed by atoms with Crippen molar-refractivity contribution in [2.75, 3.05) is 19.6 Å². The van der Waals surface area contributed by atoms with Crippen LogP contribution >= 0.6 is 15.9 Å². The van der Waals surface area contributed by atoms with Crippen LogP contribution in [0.25, 0.3) is 0 Å². The Hall–Kier alpha value is -2.42. The number of rotatable bonds is 6. The van der Waals surface area contributed by atoms with E-state index in [-0.39, 0.29) is 24.8 Å². The van der Waals surface area contributed by atoms with E-state index in [1.165, 1.54) is 4.90 Å². The first-order chi connectivity index (χ1) is 13.5. The fourth-order valence-corrected chi connectivity index (χ4v) is 3.09. The topological polar surface area (TPSA) is 105 Å². The highest BCUT2D eigenvalue weighted by Gasteiger charge is 2.32. The Morgan fingerprint density at radius 3 is 2.48 bits per heavy atom. The zero-order chi connectivity index (χ0) is 21.6. The molecule has 1 aliphatic heterocycles. The second-order valence-electron chi connectivity index (χ2n) is 7.81. The molecule has 0 aliphatic carbocycles. The first-order valence-corrected chi connectivity index (χ1v) is 10.2. The third-order valence-corrected chi connectivity index (χ3v) is 4.70. The molecule has 8 nitrogen and oxygen atoms in total. The molecule has 2 rings (SSSR count). The molecule has 0 unspecified atom stereocenters. The number of hydrogen-bond acceptors (Lipinski definition) is 5. The van der Waals surface area contributed by atoms with Crippen molar-refractivity contribution in [1.82, 2.24) is 15.5 Å². The molecule has 1 saturated heterocycles. The van der Waals surface area contributed by atoms with Crippen molar-refractivity contribution in [2.45, 2.75) is 45.3 Å². The molecule has 3 amide bonds. The summed E-state index contributed by atoms with van der Waals surface area (Å²) in [5, 5.41) is 5.11. The third-order valence-electron chi connectivity index (χ3n) is 4.17. The van der Waals surface area contributed by atoms with Gasteiger partial charge in [-0.2, -0.15) is 0 Å². The summed E-state index contributed by atoms with van der Waals surface area (Å²) in [4.78, 5) is 50.2. The molecule has 0 saturated carbocycles. The van der Waals surface area contributed by atoms with Crippen molar-refractivity contribution in [1.29, 1.82) is 0 Å². The van der Waals surface area contributed by atoms with Gasteiger partial charge in [0.1, 0.15) is 11.6 Å². The molecule has 1 aliphatic rings. The van der Waals surface area contributed by atoms with E-state index in [2.05, 4.69) is 26.6 Å². The lowest BCUT2D eigenvalue weighted by molar-refractivity contribution is -0.139. The van der Waals surface area contributed by atoms with Crippen LogP contribution in [0.15, 0.2) is 28.7 Å². The van der Waals surface area contributed by atoms with Gasteiger partial charge >= 0.3 is 6.09 Å². The Labute approximate surface area is 178 Å². The number of carbonyl (C=O) groups is 4. The highest BCUT2D eigenvalue weighted by atomic mass is 79.9. The number of amides is 3. The van der Waals surface area contributed by atoms with E-state index in [1.807, 2.05) is 0 Å². The van der Waals surface area contributed by atoms with E-state index in [1.54, 1.807) is 45.0 Å². The molecule has 1 atom stereocenters. The van der Waals surface area contributed by atoms with Crippen LogP contribution in [0.2, 0.25) is 0 Å². The maximum atomic E-state index is 12.6. The van der Waals surface area contributed by atoms with Gasteiger partial charge < -0.3 is 20.3 Å². The van der Waals surface area contributed by atoms with E-state index >= 15 is 0 Å². The molecule has 29 heavy (non-hydrogen) atoms. The summed E-state index contributed by atoms with van der Waals surface area (Å²) in [5.41, 5.74) is -0.174. The van der Waals surface area contributed by atoms with Crippen molar-refractivity contribution in [2.24, 2.45) is 0 Å². The number of ether oxygens (including phenoxy) is 1. The van der Waals surface area contributed by atoms with Gasteiger partial charge in [-0.25, -0.2) is 4.79 Å². The monoisotopic (exact) mass is 467 g/mol. The van der Waals surface area contributed by atoms with Gasteiger partial charge in [-0.15, -0.1) is 0 Å². The number of halogens is 1. The highest BCUT2D eigenvalue weighted by molar-refractivity contribution is 9.10. The van der Waals surface area contributed by atoms with Crippen LogP contribution in [0, 0.1) is 0 Å². The summed E-state index contributed by atoms with van der Waals surface area (Å²) in [5.74, 6) is -0.987. The minimum Gasteiger partial charge on any atom is -0.444 e. The maximum absolute atomic E-state index is 12.6. The van der Waals surface area contributed by atoms with Gasteiger partial charge in [0.05, 0.1) is 13.1 Å². The Morgan fingerprint density at radius 2 is 1.86 bits per heavy atom. The summed E-state index contributed by atoms with van der Waals surface area (Å²) >= 11 is 3.30. The number of ketones is 1. The lowest BCUT2D eigenvalue weighted by Crippen LogP contribution is -2.55. The molecule has 0 bridgehead atoms. The smallest absolute Gasteiger partial charge is 0.408 e. The molecular weight excluding hydrogens is 442 g/mol. The van der Waals surface area contributed by atoms with Crippen molar-refractivity contribution in [3.05, 3.63) is 34.3 Å². The summed E-state index contributed by atoms with van der Waals surface area (Å²) in [7, 11) is 0. The number of nitrogens with zero attached hydrogens (tertiary/aromatic N) is 1. The number of alkyl carbamates (subject to hydrolysis) is 1. The zero-order valence-corrected chi connectivity index (χ0v) is 18.4. The van der Waals surface area contributed by atoms with Gasteiger partial charge in [0.2, 0.25) is 11.8 Å². The molecule has 1 aromatic rings. The van der Waals surface area contributed by atoms with Crippen LogP contribution in [0.4, 0.5) is 4.79 Å². The van der Waals surface area contributed by atoms with Crippen LogP contribution < -0.4 is 10.6 Å². The third kappa shape index (κ3) is 7.49. The number of likely N-dealkylation sites (tertiary alicyclic amines) is 1. The summed E-state index contributed by atoms with van der Waals surface area (Å²) in [6, 6.07) is 6.11. The first-order valence-electron chi connectivity index (χ1n) is 9.39. The van der Waals surface area contributed by atoms with Gasteiger partial charge in [0, 0.05) is 16.6 Å². The Morgan fingerprint density at radius 1 is 1.21 bits per heavy atom. The van der Waals surface area contributed by atoms with Crippen LogP contribution in [-0.2, 0) is 14.3 Å². The van der Waals surface area contributed by atoms with Crippen LogP contribution in [-0.4, -0.2) is 59.9 Å². The van der Waals surface area contributed by atoms with Crippen molar-refractivity contribution in [3.63, 3.8) is 0 Å². The van der Waals surface area contributed by atoms with E-state index in [9.17, 15) is 19.2 Å². The largest absolute Gasteiger partial charge is 0.444 e. The van der Waals surface area contributed by atoms with Gasteiger partial charge in [-0.3, -0.25) is 14.4 Å². The Bertz CT molecular complexity index is 773. The molecule has 1 heterocycles. The van der Waals surface area contributed by atoms with E-state index in [0.29, 0.717) is 24.9 Å². The minimum absolute atomic E-state index is 0.151. The molecule has 2 N–H and O–H groups in total. The summed E-state index contributed by atoms with van der Waals surface area (Å²) < 4.78 is 6.04. The van der Waals surface area contributed by atoms with E-state index in [0.717, 1.165) is 4.47 Å². The summed E-state index contributed by atoms with van der Waals surface area (Å²) in [6.07, 6.45) is 0.470. The average Bonchev–Trinajstić information content (AvgIpc) is 2.62. The lowest BCUT2D eigenvalue weighted by atomic mass is 10.0. The predicted molar refractivity (Wildman–Crippen MR) is 110 cm³/mol. The highest BCUT2D eigenvalue weighted by Crippen LogP contribution is 2.14. The molecule has 9 heteroatoms. The number of hydrogen-bond donors (Lipinski definition) is 2. The van der Waals surface area contributed by atoms with Crippen molar-refractivity contribution < 1.29 is 23.9 Å². The van der Waals surface area contributed by atoms with Crippen LogP contribution in [0.1, 0.15) is 44.0 Å². The molecule has 0 radical (unpaired) electrons.